The summed E-state index contributed by atoms with van der Waals surface area (Å²) in [5, 5.41) is 5.00. The molecule has 0 saturated heterocycles. The first kappa shape index (κ1) is 18.9. The molecule has 0 fully saturated rings. The van der Waals surface area contributed by atoms with E-state index in [1.807, 2.05) is 6.92 Å². The number of nitrogens with one attached hydrogen (secondary N) is 2. The van der Waals surface area contributed by atoms with Gasteiger partial charge in [-0.1, -0.05) is 40.9 Å². The largest absolute Gasteiger partial charge is 0.444 e. The molecule has 0 unspecified atom stereocenters. The second-order valence-electron chi connectivity index (χ2n) is 5.63. The van der Waals surface area contributed by atoms with E-state index in [1.165, 1.54) is 0 Å². The highest BCUT2D eigenvalue weighted by atomic mass is 35.6. The van der Waals surface area contributed by atoms with E-state index in [4.69, 9.17) is 39.5 Å². The molecule has 0 aromatic heterocycles. The Labute approximate surface area is 144 Å². The Morgan fingerprint density at radius 2 is 1.64 bits per heavy atom. The molecule has 1 aromatic carbocycles. The number of rotatable bonds is 2. The lowest BCUT2D eigenvalue weighted by molar-refractivity contribution is -0.115. The summed E-state index contributed by atoms with van der Waals surface area (Å²) >= 11 is 16.6. The van der Waals surface area contributed by atoms with Gasteiger partial charge in [0.2, 0.25) is 0 Å². The molecule has 0 saturated carbocycles. The minimum absolute atomic E-state index is 0.308. The van der Waals surface area contributed by atoms with Crippen LogP contribution >= 0.6 is 34.8 Å². The molecule has 5 nitrogen and oxygen atoms in total. The van der Waals surface area contributed by atoms with Crippen LogP contribution in [0.25, 0.3) is 0 Å². The van der Waals surface area contributed by atoms with Crippen LogP contribution in [0.4, 0.5) is 16.2 Å². The molecule has 0 heterocycles. The number of ether oxygens (including phenoxy) is 1. The Bertz CT molecular complexity index is 578. The summed E-state index contributed by atoms with van der Waals surface area (Å²) in [6.45, 7) is 7.05. The molecule has 0 bridgehead atoms. The van der Waals surface area contributed by atoms with Crippen molar-refractivity contribution in [2.75, 3.05) is 10.6 Å². The molecular weight excluding hydrogens is 351 g/mol. The molecule has 0 radical (unpaired) electrons. The van der Waals surface area contributed by atoms with E-state index in [-0.39, 0.29) is 0 Å². The number of benzene rings is 1. The maximum atomic E-state index is 11.8. The lowest BCUT2D eigenvalue weighted by Gasteiger charge is -2.21. The van der Waals surface area contributed by atoms with Gasteiger partial charge in [0, 0.05) is 0 Å². The van der Waals surface area contributed by atoms with Gasteiger partial charge in [0.1, 0.15) is 5.60 Å². The van der Waals surface area contributed by atoms with Crippen LogP contribution in [0.1, 0.15) is 26.3 Å². The van der Waals surface area contributed by atoms with Gasteiger partial charge in [-0.05, 0) is 45.4 Å². The minimum Gasteiger partial charge on any atom is -0.444 e. The molecule has 2 amide bonds. The van der Waals surface area contributed by atoms with E-state index in [0.29, 0.717) is 11.4 Å². The van der Waals surface area contributed by atoms with Crippen LogP contribution in [0.15, 0.2) is 18.2 Å². The molecule has 0 aliphatic carbocycles. The average Bonchev–Trinajstić information content (AvgIpc) is 2.29. The Morgan fingerprint density at radius 3 is 2.14 bits per heavy atom. The van der Waals surface area contributed by atoms with Crippen molar-refractivity contribution in [3.05, 3.63) is 23.8 Å². The zero-order chi connectivity index (χ0) is 17.1. The van der Waals surface area contributed by atoms with Gasteiger partial charge in [-0.2, -0.15) is 0 Å². The SMILES string of the molecule is Cc1ccc(NC(=O)OC(C)(C)C)c(NC(=O)C(Cl)(Cl)Cl)c1. The highest BCUT2D eigenvalue weighted by Crippen LogP contribution is 2.30. The smallest absolute Gasteiger partial charge is 0.412 e. The fourth-order valence-electron chi connectivity index (χ4n) is 1.48. The van der Waals surface area contributed by atoms with Crippen molar-refractivity contribution in [3.63, 3.8) is 0 Å². The first-order valence-corrected chi connectivity index (χ1v) is 7.51. The standard InChI is InChI=1S/C14H17Cl3N2O3/c1-8-5-6-9(19-12(21)22-13(2,3)4)10(7-8)18-11(20)14(15,16)17/h5-7H,1-4H3,(H,18,20)(H,19,21). The third kappa shape index (κ3) is 6.30. The molecule has 22 heavy (non-hydrogen) atoms. The van der Waals surface area contributed by atoms with Crippen LogP contribution in [0.3, 0.4) is 0 Å². The highest BCUT2D eigenvalue weighted by molar-refractivity contribution is 6.76. The molecule has 122 valence electrons. The van der Waals surface area contributed by atoms with Gasteiger partial charge < -0.3 is 10.1 Å². The van der Waals surface area contributed by atoms with Crippen LogP contribution < -0.4 is 10.6 Å². The Morgan fingerprint density at radius 1 is 1.05 bits per heavy atom. The monoisotopic (exact) mass is 366 g/mol. The molecule has 0 atom stereocenters. The first-order chi connectivity index (χ1) is 9.88. The summed E-state index contributed by atoms with van der Waals surface area (Å²) in [5.74, 6) is -0.824. The van der Waals surface area contributed by atoms with Gasteiger partial charge in [-0.3, -0.25) is 10.1 Å². The topological polar surface area (TPSA) is 67.4 Å². The van der Waals surface area contributed by atoms with Crippen molar-refractivity contribution in [3.8, 4) is 0 Å². The van der Waals surface area contributed by atoms with Crippen molar-refractivity contribution in [2.45, 2.75) is 37.1 Å². The highest BCUT2D eigenvalue weighted by Gasteiger charge is 2.31. The molecule has 0 aliphatic rings. The van der Waals surface area contributed by atoms with Gasteiger partial charge in [-0.25, -0.2) is 4.79 Å². The van der Waals surface area contributed by atoms with E-state index in [9.17, 15) is 9.59 Å². The lowest BCUT2D eigenvalue weighted by atomic mass is 10.2. The zero-order valence-electron chi connectivity index (χ0n) is 12.6. The summed E-state index contributed by atoms with van der Waals surface area (Å²) in [6, 6.07) is 5.02. The van der Waals surface area contributed by atoms with E-state index in [0.717, 1.165) is 5.56 Å². The second-order valence-corrected chi connectivity index (χ2v) is 7.91. The van der Waals surface area contributed by atoms with Crippen molar-refractivity contribution in [1.82, 2.24) is 0 Å². The maximum Gasteiger partial charge on any atom is 0.412 e. The van der Waals surface area contributed by atoms with Gasteiger partial charge in [-0.15, -0.1) is 0 Å². The second kappa shape index (κ2) is 6.94. The van der Waals surface area contributed by atoms with Crippen LogP contribution in [-0.4, -0.2) is 21.4 Å². The quantitative estimate of drug-likeness (QED) is 0.748. The van der Waals surface area contributed by atoms with Gasteiger partial charge in [0.15, 0.2) is 0 Å². The molecule has 1 rings (SSSR count). The minimum atomic E-state index is -2.10. The van der Waals surface area contributed by atoms with Crippen LogP contribution in [-0.2, 0) is 9.53 Å². The van der Waals surface area contributed by atoms with Gasteiger partial charge in [0.05, 0.1) is 11.4 Å². The number of carbonyl (C=O) groups excluding carboxylic acids is 2. The van der Waals surface area contributed by atoms with Crippen LogP contribution in [0.5, 0.6) is 0 Å². The molecule has 0 spiro atoms. The number of anilines is 2. The van der Waals surface area contributed by atoms with E-state index in [1.54, 1.807) is 39.0 Å². The fourth-order valence-corrected chi connectivity index (χ4v) is 1.62. The molecule has 2 N–H and O–H groups in total. The zero-order valence-corrected chi connectivity index (χ0v) is 14.9. The number of halogens is 3. The third-order valence-electron chi connectivity index (χ3n) is 2.32. The van der Waals surface area contributed by atoms with E-state index >= 15 is 0 Å². The number of carbonyl (C=O) groups is 2. The Hall–Kier alpha value is -1.17. The predicted octanol–water partition coefficient (Wildman–Crippen LogP) is 4.65. The summed E-state index contributed by atoms with van der Waals surface area (Å²) in [5.41, 5.74) is 0.856. The van der Waals surface area contributed by atoms with Crippen molar-refractivity contribution >= 4 is 58.2 Å². The molecule has 1 aromatic rings. The fraction of sp³-hybridized carbons (Fsp3) is 0.429. The lowest BCUT2D eigenvalue weighted by Crippen LogP contribution is -2.29. The van der Waals surface area contributed by atoms with Crippen molar-refractivity contribution in [2.24, 2.45) is 0 Å². The summed E-state index contributed by atoms with van der Waals surface area (Å²) < 4.78 is 3.05. The normalized spacial score (nSPS) is 11.8. The average molecular weight is 368 g/mol. The summed E-state index contributed by atoms with van der Waals surface area (Å²) in [6.07, 6.45) is -0.652. The van der Waals surface area contributed by atoms with Crippen molar-refractivity contribution < 1.29 is 14.3 Å². The molecular formula is C14H17Cl3N2O3. The number of alkyl halides is 3. The maximum absolute atomic E-state index is 11.8. The summed E-state index contributed by atoms with van der Waals surface area (Å²) in [7, 11) is 0. The van der Waals surface area contributed by atoms with E-state index in [2.05, 4.69) is 10.6 Å². The molecule has 0 aliphatic heterocycles. The number of hydrogen-bond donors (Lipinski definition) is 2. The predicted molar refractivity (Wildman–Crippen MR) is 90.0 cm³/mol. The van der Waals surface area contributed by atoms with Gasteiger partial charge >= 0.3 is 6.09 Å². The number of aryl methyl sites for hydroxylation is 1. The first-order valence-electron chi connectivity index (χ1n) is 6.37. The van der Waals surface area contributed by atoms with E-state index < -0.39 is 21.4 Å². The van der Waals surface area contributed by atoms with Crippen LogP contribution in [0, 0.1) is 6.92 Å². The Balaban J connectivity index is 2.96. The molecule has 8 heteroatoms. The number of hydrogen-bond acceptors (Lipinski definition) is 3. The van der Waals surface area contributed by atoms with Crippen LogP contribution in [0.2, 0.25) is 0 Å². The number of amides is 2. The third-order valence-corrected chi connectivity index (χ3v) is 2.83. The summed E-state index contributed by atoms with van der Waals surface area (Å²) in [4.78, 5) is 23.6. The van der Waals surface area contributed by atoms with Crippen molar-refractivity contribution in [1.29, 1.82) is 0 Å². The Kier molecular flexibility index (Phi) is 5.96. The van der Waals surface area contributed by atoms with Gasteiger partial charge in [0.25, 0.3) is 9.70 Å².